The number of pyridine rings is 1. The third-order valence-electron chi connectivity index (χ3n) is 5.67. The number of hydrogen-bond donors (Lipinski definition) is 0. The van der Waals surface area contributed by atoms with Gasteiger partial charge in [0.15, 0.2) is 5.82 Å². The largest absolute Gasteiger partial charge is 0.495 e. The molecule has 0 aliphatic carbocycles. The Bertz CT molecular complexity index is 1790. The van der Waals surface area contributed by atoms with E-state index in [1.807, 2.05) is 0 Å². The molecule has 0 aliphatic rings. The molecule has 5 aromatic rings. The molecule has 0 saturated carbocycles. The zero-order chi connectivity index (χ0) is 26.2. The molecular formula is C26H16ClFN4O4S. The van der Waals surface area contributed by atoms with Crippen LogP contribution >= 0.6 is 11.6 Å². The molecule has 0 amide bonds. The maximum absolute atomic E-state index is 14.0. The van der Waals surface area contributed by atoms with Crippen LogP contribution in [-0.4, -0.2) is 25.7 Å². The van der Waals surface area contributed by atoms with Crippen molar-refractivity contribution in [3.05, 3.63) is 95.7 Å². The first-order valence-electron chi connectivity index (χ1n) is 10.7. The molecule has 2 heterocycles. The predicted octanol–water partition coefficient (Wildman–Crippen LogP) is 6.09. The van der Waals surface area contributed by atoms with Gasteiger partial charge in [0, 0.05) is 29.4 Å². The average Bonchev–Trinajstić information content (AvgIpc) is 3.44. The Morgan fingerprint density at radius 1 is 1.08 bits per heavy atom. The zero-order valence-corrected chi connectivity index (χ0v) is 20.7. The van der Waals surface area contributed by atoms with E-state index in [0.717, 1.165) is 9.69 Å². The fourth-order valence-corrected chi connectivity index (χ4v) is 5.55. The standard InChI is InChI=1S/C26H16ClFN4O4S/c1-35-25-13-21(17-3-5-23(28)22(27)11-17)19(14-29)12-24(25)32(26-7-9-36-31-26)37(33,34)20-4-2-18-15-30-8-6-16(18)10-20/h2-13,15H,1H3. The molecule has 3 aromatic carbocycles. The van der Waals surface area contributed by atoms with Gasteiger partial charge in [-0.25, -0.2) is 17.1 Å². The van der Waals surface area contributed by atoms with Gasteiger partial charge in [-0.1, -0.05) is 28.9 Å². The fraction of sp³-hybridized carbons (Fsp3) is 0.0385. The lowest BCUT2D eigenvalue weighted by molar-refractivity contribution is 0.414. The Kier molecular flexibility index (Phi) is 6.25. The quantitative estimate of drug-likeness (QED) is 0.259. The molecule has 0 spiro atoms. The highest BCUT2D eigenvalue weighted by Gasteiger charge is 2.32. The number of benzene rings is 3. The van der Waals surface area contributed by atoms with Gasteiger partial charge in [-0.05, 0) is 53.4 Å². The minimum absolute atomic E-state index is 0.0239. The Morgan fingerprint density at radius 3 is 2.62 bits per heavy atom. The highest BCUT2D eigenvalue weighted by atomic mass is 35.5. The molecule has 8 nitrogen and oxygen atoms in total. The topological polar surface area (TPSA) is 109 Å². The van der Waals surface area contributed by atoms with Crippen molar-refractivity contribution in [2.45, 2.75) is 4.90 Å². The Morgan fingerprint density at radius 2 is 1.92 bits per heavy atom. The summed E-state index contributed by atoms with van der Waals surface area (Å²) in [6, 6.07) is 16.7. The van der Waals surface area contributed by atoms with Crippen molar-refractivity contribution in [2.24, 2.45) is 0 Å². The first-order chi connectivity index (χ1) is 17.8. The van der Waals surface area contributed by atoms with Crippen LogP contribution in [0, 0.1) is 17.1 Å². The molecule has 0 bridgehead atoms. The summed E-state index contributed by atoms with van der Waals surface area (Å²) >= 11 is 5.95. The summed E-state index contributed by atoms with van der Waals surface area (Å²) in [6.07, 6.45) is 4.43. The van der Waals surface area contributed by atoms with Gasteiger partial charge in [-0.3, -0.25) is 4.98 Å². The summed E-state index contributed by atoms with van der Waals surface area (Å²) in [5, 5.41) is 15.1. The van der Waals surface area contributed by atoms with Gasteiger partial charge in [-0.15, -0.1) is 0 Å². The maximum Gasteiger partial charge on any atom is 0.270 e. The van der Waals surface area contributed by atoms with Gasteiger partial charge in [0.2, 0.25) is 0 Å². The zero-order valence-electron chi connectivity index (χ0n) is 19.1. The van der Waals surface area contributed by atoms with Gasteiger partial charge in [0.05, 0.1) is 28.7 Å². The van der Waals surface area contributed by atoms with Crippen LogP contribution in [0.5, 0.6) is 5.75 Å². The van der Waals surface area contributed by atoms with Gasteiger partial charge < -0.3 is 9.26 Å². The molecule has 0 saturated heterocycles. The van der Waals surface area contributed by atoms with E-state index in [1.165, 1.54) is 61.9 Å². The lowest BCUT2D eigenvalue weighted by atomic mass is 9.99. The second-order valence-electron chi connectivity index (χ2n) is 7.82. The third-order valence-corrected chi connectivity index (χ3v) is 7.68. The molecule has 184 valence electrons. The van der Waals surface area contributed by atoms with E-state index in [2.05, 4.69) is 16.2 Å². The van der Waals surface area contributed by atoms with Crippen molar-refractivity contribution in [3.63, 3.8) is 0 Å². The number of sulfonamides is 1. The minimum atomic E-state index is -4.29. The summed E-state index contributed by atoms with van der Waals surface area (Å²) < 4.78 is 53.2. The predicted molar refractivity (Wildman–Crippen MR) is 136 cm³/mol. The van der Waals surface area contributed by atoms with Crippen LogP contribution in [0.15, 0.2) is 88.7 Å². The second kappa shape index (κ2) is 9.54. The molecule has 0 fully saturated rings. The number of halogens is 2. The van der Waals surface area contributed by atoms with E-state index < -0.39 is 15.8 Å². The van der Waals surface area contributed by atoms with Crippen molar-refractivity contribution >= 4 is 43.9 Å². The highest BCUT2D eigenvalue weighted by Crippen LogP contribution is 2.42. The van der Waals surface area contributed by atoms with Crippen molar-refractivity contribution in [2.75, 3.05) is 11.4 Å². The van der Waals surface area contributed by atoms with Gasteiger partial charge in [-0.2, -0.15) is 5.26 Å². The van der Waals surface area contributed by atoms with E-state index in [1.54, 1.807) is 24.5 Å². The number of methoxy groups -OCH3 is 1. The lowest BCUT2D eigenvalue weighted by Crippen LogP contribution is -2.27. The van der Waals surface area contributed by atoms with Crippen molar-refractivity contribution in [1.82, 2.24) is 10.1 Å². The van der Waals surface area contributed by atoms with Crippen molar-refractivity contribution in [3.8, 4) is 22.9 Å². The highest BCUT2D eigenvalue weighted by molar-refractivity contribution is 7.93. The van der Waals surface area contributed by atoms with E-state index in [-0.39, 0.29) is 32.7 Å². The lowest BCUT2D eigenvalue weighted by Gasteiger charge is -2.24. The van der Waals surface area contributed by atoms with Crippen LogP contribution in [0.3, 0.4) is 0 Å². The van der Waals surface area contributed by atoms with E-state index in [4.69, 9.17) is 20.9 Å². The number of nitriles is 1. The molecule has 37 heavy (non-hydrogen) atoms. The number of anilines is 2. The van der Waals surface area contributed by atoms with Crippen molar-refractivity contribution < 1.29 is 22.1 Å². The molecule has 0 aliphatic heterocycles. The summed E-state index contributed by atoms with van der Waals surface area (Å²) in [4.78, 5) is 4.03. The Labute approximate surface area is 216 Å². The molecule has 0 N–H and O–H groups in total. The van der Waals surface area contributed by atoms with Crippen LogP contribution in [0.25, 0.3) is 21.9 Å². The summed E-state index contributed by atoms with van der Waals surface area (Å²) in [5.41, 5.74) is 0.957. The molecule has 0 unspecified atom stereocenters. The van der Waals surface area contributed by atoms with Crippen LogP contribution < -0.4 is 9.04 Å². The Hall–Kier alpha value is -4.46. The number of nitrogens with zero attached hydrogens (tertiary/aromatic N) is 4. The van der Waals surface area contributed by atoms with Crippen LogP contribution in [-0.2, 0) is 10.0 Å². The van der Waals surface area contributed by atoms with E-state index >= 15 is 0 Å². The van der Waals surface area contributed by atoms with Crippen LogP contribution in [0.1, 0.15) is 5.56 Å². The molecule has 0 atom stereocenters. The average molecular weight is 535 g/mol. The van der Waals surface area contributed by atoms with Gasteiger partial charge >= 0.3 is 0 Å². The first-order valence-corrected chi connectivity index (χ1v) is 12.5. The maximum atomic E-state index is 14.0. The minimum Gasteiger partial charge on any atom is -0.495 e. The molecule has 5 rings (SSSR count). The van der Waals surface area contributed by atoms with Crippen LogP contribution in [0.4, 0.5) is 15.9 Å². The summed E-state index contributed by atoms with van der Waals surface area (Å²) in [7, 11) is -2.92. The summed E-state index contributed by atoms with van der Waals surface area (Å²) in [6.45, 7) is 0. The number of rotatable bonds is 6. The Balaban J connectivity index is 1.73. The first kappa shape index (κ1) is 24.2. The number of aromatic nitrogens is 2. The molecule has 2 aromatic heterocycles. The second-order valence-corrected chi connectivity index (χ2v) is 10.0. The number of fused-ring (bicyclic) bond motifs is 1. The van der Waals surface area contributed by atoms with Gasteiger partial charge in [0.25, 0.3) is 10.0 Å². The smallest absolute Gasteiger partial charge is 0.270 e. The fourth-order valence-electron chi connectivity index (χ4n) is 3.90. The van der Waals surface area contributed by atoms with Crippen molar-refractivity contribution in [1.29, 1.82) is 5.26 Å². The third kappa shape index (κ3) is 4.35. The molecule has 11 heteroatoms. The van der Waals surface area contributed by atoms with Gasteiger partial charge in [0.1, 0.15) is 23.5 Å². The molecule has 0 radical (unpaired) electrons. The molecular weight excluding hydrogens is 519 g/mol. The normalized spacial score (nSPS) is 11.3. The monoisotopic (exact) mass is 534 g/mol. The van der Waals surface area contributed by atoms with E-state index in [9.17, 15) is 18.1 Å². The number of hydrogen-bond acceptors (Lipinski definition) is 7. The van der Waals surface area contributed by atoms with E-state index in [0.29, 0.717) is 16.5 Å². The van der Waals surface area contributed by atoms with Crippen LogP contribution in [0.2, 0.25) is 5.02 Å². The SMILES string of the molecule is COc1cc(-c2ccc(F)c(Cl)c2)c(C#N)cc1N(c1ccon1)S(=O)(=O)c1ccc2cnccc2c1. The number of ether oxygens (including phenoxy) is 1. The summed E-state index contributed by atoms with van der Waals surface area (Å²) in [5.74, 6) is -0.539.